The first-order valence-electron chi connectivity index (χ1n) is 7.04. The van der Waals surface area contributed by atoms with Crippen LogP contribution in [0.4, 0.5) is 11.4 Å². The topological polar surface area (TPSA) is 130 Å². The summed E-state index contributed by atoms with van der Waals surface area (Å²) < 4.78 is 4.86. The summed E-state index contributed by atoms with van der Waals surface area (Å²) in [6, 6.07) is 11.5. The number of nitro groups is 2. The van der Waals surface area contributed by atoms with Crippen molar-refractivity contribution in [3.05, 3.63) is 79.9 Å². The highest BCUT2D eigenvalue weighted by Crippen LogP contribution is 2.25. The molecule has 0 unspecified atom stereocenters. The number of nitrogens with zero attached hydrogens (tertiary/aromatic N) is 2. The van der Waals surface area contributed by atoms with E-state index in [2.05, 4.69) is 0 Å². The molecule has 0 N–H and O–H groups in total. The number of hydrogen-bond acceptors (Lipinski definition) is 7. The molecular formula is C16H12N2O7. The summed E-state index contributed by atoms with van der Waals surface area (Å²) in [5, 5.41) is 21.7. The van der Waals surface area contributed by atoms with Gasteiger partial charge in [0, 0.05) is 18.1 Å². The van der Waals surface area contributed by atoms with Crippen LogP contribution in [0.25, 0.3) is 0 Å². The maximum atomic E-state index is 11.9. The second kappa shape index (κ2) is 7.77. The largest absolute Gasteiger partial charge is 0.455 e. The lowest BCUT2D eigenvalue weighted by molar-refractivity contribution is -0.394. The van der Waals surface area contributed by atoms with Crippen molar-refractivity contribution >= 4 is 23.1 Å². The Kier molecular flexibility index (Phi) is 5.51. The zero-order valence-corrected chi connectivity index (χ0v) is 12.8. The van der Waals surface area contributed by atoms with Gasteiger partial charge in [0.05, 0.1) is 15.9 Å². The van der Waals surface area contributed by atoms with Gasteiger partial charge in [-0.15, -0.1) is 0 Å². The summed E-state index contributed by atoms with van der Waals surface area (Å²) in [5.41, 5.74) is -0.491. The van der Waals surface area contributed by atoms with Crippen molar-refractivity contribution in [1.82, 2.24) is 0 Å². The van der Waals surface area contributed by atoms with Gasteiger partial charge >= 0.3 is 5.97 Å². The van der Waals surface area contributed by atoms with Gasteiger partial charge in [-0.3, -0.25) is 25.0 Å². The molecule has 0 fully saturated rings. The van der Waals surface area contributed by atoms with Crippen LogP contribution in [0.15, 0.2) is 48.5 Å². The highest BCUT2D eigenvalue weighted by atomic mass is 16.6. The first kappa shape index (κ1) is 17.7. The number of Topliss-reactive ketones (excluding diaryl/α,β-unsaturated/α-hetero) is 1. The molecule has 9 heteroatoms. The Morgan fingerprint density at radius 3 is 2.24 bits per heavy atom. The molecule has 0 saturated carbocycles. The van der Waals surface area contributed by atoms with Gasteiger partial charge in [0.15, 0.2) is 0 Å². The molecule has 0 heterocycles. The van der Waals surface area contributed by atoms with Crippen molar-refractivity contribution in [3.8, 4) is 0 Å². The van der Waals surface area contributed by atoms with Crippen molar-refractivity contribution in [2.24, 2.45) is 0 Å². The predicted molar refractivity (Wildman–Crippen MR) is 84.7 cm³/mol. The molecule has 2 rings (SSSR count). The minimum atomic E-state index is -1.13. The fourth-order valence-corrected chi connectivity index (χ4v) is 2.03. The molecule has 25 heavy (non-hydrogen) atoms. The number of benzene rings is 2. The van der Waals surface area contributed by atoms with Crippen LogP contribution in [0.1, 0.15) is 11.1 Å². The third-order valence-electron chi connectivity index (χ3n) is 3.27. The average Bonchev–Trinajstić information content (AvgIpc) is 2.60. The SMILES string of the molecule is O=C(Cc1ccc([N+](=O)[O-])cc1[N+](=O)[O-])C(=O)OCc1ccccc1. The minimum Gasteiger partial charge on any atom is -0.455 e. The third kappa shape index (κ3) is 4.67. The van der Waals surface area contributed by atoms with Gasteiger partial charge in [-0.1, -0.05) is 30.3 Å². The van der Waals surface area contributed by atoms with Crippen LogP contribution in [0, 0.1) is 20.2 Å². The molecule has 0 atom stereocenters. The van der Waals surface area contributed by atoms with Gasteiger partial charge in [-0.25, -0.2) is 4.79 Å². The van der Waals surface area contributed by atoms with Crippen molar-refractivity contribution in [3.63, 3.8) is 0 Å². The number of ether oxygens (including phenoxy) is 1. The van der Waals surface area contributed by atoms with Gasteiger partial charge in [0.1, 0.15) is 6.61 Å². The third-order valence-corrected chi connectivity index (χ3v) is 3.27. The molecule has 2 aromatic carbocycles. The lowest BCUT2D eigenvalue weighted by atomic mass is 10.1. The maximum Gasteiger partial charge on any atom is 0.375 e. The van der Waals surface area contributed by atoms with Crippen molar-refractivity contribution in [1.29, 1.82) is 0 Å². The van der Waals surface area contributed by atoms with Crippen LogP contribution in [0.2, 0.25) is 0 Å². The van der Waals surface area contributed by atoms with E-state index >= 15 is 0 Å². The van der Waals surface area contributed by atoms with Crippen LogP contribution in [-0.2, 0) is 27.4 Å². The monoisotopic (exact) mass is 344 g/mol. The molecule has 2 aromatic rings. The number of esters is 1. The quantitative estimate of drug-likeness (QED) is 0.326. The van der Waals surface area contributed by atoms with E-state index in [0.29, 0.717) is 5.56 Å². The molecule has 0 aliphatic heterocycles. The van der Waals surface area contributed by atoms with Crippen LogP contribution in [0.5, 0.6) is 0 Å². The molecule has 0 aliphatic rings. The van der Waals surface area contributed by atoms with Crippen molar-refractivity contribution in [2.75, 3.05) is 0 Å². The lowest BCUT2D eigenvalue weighted by Crippen LogP contribution is -2.20. The Morgan fingerprint density at radius 1 is 0.960 bits per heavy atom. The van der Waals surface area contributed by atoms with E-state index in [0.717, 1.165) is 18.2 Å². The molecule has 0 spiro atoms. The summed E-state index contributed by atoms with van der Waals surface area (Å²) in [7, 11) is 0. The molecule has 0 amide bonds. The predicted octanol–water partition coefficient (Wildman–Crippen LogP) is 2.36. The van der Waals surface area contributed by atoms with Gasteiger partial charge in [-0.05, 0) is 11.6 Å². The summed E-state index contributed by atoms with van der Waals surface area (Å²) in [4.78, 5) is 43.7. The first-order chi connectivity index (χ1) is 11.9. The smallest absolute Gasteiger partial charge is 0.375 e. The fourth-order valence-electron chi connectivity index (χ4n) is 2.03. The van der Waals surface area contributed by atoms with Crippen molar-refractivity contribution in [2.45, 2.75) is 13.0 Å². The van der Waals surface area contributed by atoms with E-state index in [4.69, 9.17) is 4.74 Å². The number of non-ortho nitro benzene ring substituents is 1. The molecule has 0 aromatic heterocycles. The van der Waals surface area contributed by atoms with E-state index in [1.165, 1.54) is 0 Å². The van der Waals surface area contributed by atoms with Crippen LogP contribution in [0.3, 0.4) is 0 Å². The Labute approximate surface area is 141 Å². The molecule has 0 saturated heterocycles. The number of rotatable bonds is 7. The molecule has 128 valence electrons. The Balaban J connectivity index is 2.07. The van der Waals surface area contributed by atoms with Gasteiger partial charge < -0.3 is 4.74 Å². The second-order valence-electron chi connectivity index (χ2n) is 4.99. The number of carbonyl (C=O) groups is 2. The van der Waals surface area contributed by atoms with E-state index in [-0.39, 0.29) is 12.2 Å². The summed E-state index contributed by atoms with van der Waals surface area (Å²) >= 11 is 0. The van der Waals surface area contributed by atoms with Crippen LogP contribution in [-0.4, -0.2) is 21.6 Å². The van der Waals surface area contributed by atoms with E-state index in [1.54, 1.807) is 30.3 Å². The highest BCUT2D eigenvalue weighted by Gasteiger charge is 2.24. The summed E-state index contributed by atoms with van der Waals surface area (Å²) in [6.45, 7) is -0.103. The molecule has 0 radical (unpaired) electrons. The van der Waals surface area contributed by atoms with E-state index in [1.807, 2.05) is 0 Å². The minimum absolute atomic E-state index is 0.0998. The average molecular weight is 344 g/mol. The summed E-state index contributed by atoms with van der Waals surface area (Å²) in [5.74, 6) is -2.11. The van der Waals surface area contributed by atoms with Gasteiger partial charge in [0.2, 0.25) is 5.78 Å². The number of carbonyl (C=O) groups excluding carboxylic acids is 2. The van der Waals surface area contributed by atoms with Crippen LogP contribution >= 0.6 is 0 Å². The van der Waals surface area contributed by atoms with E-state index < -0.39 is 39.4 Å². The first-order valence-corrected chi connectivity index (χ1v) is 7.04. The Bertz CT molecular complexity index is 834. The Morgan fingerprint density at radius 2 is 1.64 bits per heavy atom. The van der Waals surface area contributed by atoms with Crippen molar-refractivity contribution < 1.29 is 24.2 Å². The maximum absolute atomic E-state index is 11.9. The highest BCUT2D eigenvalue weighted by molar-refractivity contribution is 6.34. The molecule has 0 aliphatic carbocycles. The van der Waals surface area contributed by atoms with E-state index in [9.17, 15) is 29.8 Å². The zero-order valence-electron chi connectivity index (χ0n) is 12.8. The van der Waals surface area contributed by atoms with Gasteiger partial charge in [-0.2, -0.15) is 0 Å². The fraction of sp³-hybridized carbons (Fsp3) is 0.125. The lowest BCUT2D eigenvalue weighted by Gasteiger charge is -2.05. The van der Waals surface area contributed by atoms with Gasteiger partial charge in [0.25, 0.3) is 11.4 Å². The van der Waals surface area contributed by atoms with Crippen LogP contribution < -0.4 is 0 Å². The standard InChI is InChI=1S/C16H12N2O7/c19-15(16(20)25-10-11-4-2-1-3-5-11)8-12-6-7-13(17(21)22)9-14(12)18(23)24/h1-7,9H,8,10H2. The second-order valence-corrected chi connectivity index (χ2v) is 4.99. The molecule has 0 bridgehead atoms. The normalized spacial score (nSPS) is 10.1. The zero-order chi connectivity index (χ0) is 18.4. The number of ketones is 1. The Hall–Kier alpha value is -3.62. The number of hydrogen-bond donors (Lipinski definition) is 0. The number of nitro benzene ring substituents is 2. The summed E-state index contributed by atoms with van der Waals surface area (Å²) in [6.07, 6.45) is -0.581. The molecule has 9 nitrogen and oxygen atoms in total. The molecular weight excluding hydrogens is 332 g/mol.